The van der Waals surface area contributed by atoms with Crippen molar-refractivity contribution >= 4 is 23.5 Å². The first kappa shape index (κ1) is 15.4. The Labute approximate surface area is 123 Å². The summed E-state index contributed by atoms with van der Waals surface area (Å²) in [6, 6.07) is 6.55. The van der Waals surface area contributed by atoms with Crippen molar-refractivity contribution in [2.24, 2.45) is 12.0 Å². The van der Waals surface area contributed by atoms with E-state index in [1.54, 1.807) is 24.3 Å². The maximum atomic E-state index is 12.9. The van der Waals surface area contributed by atoms with Crippen LogP contribution in [0.1, 0.15) is 11.3 Å². The molecular formula is C13H11ClF3N3O. The number of halogens is 4. The van der Waals surface area contributed by atoms with Crippen molar-refractivity contribution in [3.63, 3.8) is 0 Å². The second-order valence-corrected chi connectivity index (χ2v) is 4.49. The first-order chi connectivity index (χ1) is 9.82. The van der Waals surface area contributed by atoms with E-state index in [4.69, 9.17) is 16.3 Å². The molecule has 0 unspecified atom stereocenters. The van der Waals surface area contributed by atoms with Gasteiger partial charge in [0.2, 0.25) is 0 Å². The number of ether oxygens (including phenoxy) is 1. The smallest absolute Gasteiger partial charge is 0.435 e. The predicted molar refractivity (Wildman–Crippen MR) is 73.5 cm³/mol. The molecule has 0 N–H and O–H groups in total. The van der Waals surface area contributed by atoms with Crippen LogP contribution < -0.4 is 4.74 Å². The van der Waals surface area contributed by atoms with E-state index in [1.807, 2.05) is 0 Å². The third-order valence-electron chi connectivity index (χ3n) is 2.70. The molecule has 0 aliphatic rings. The Bertz CT molecular complexity index is 663. The summed E-state index contributed by atoms with van der Waals surface area (Å²) in [5, 5.41) is 3.24. The molecule has 1 aromatic carbocycles. The van der Waals surface area contributed by atoms with Crippen molar-refractivity contribution in [2.45, 2.75) is 6.18 Å². The van der Waals surface area contributed by atoms with Gasteiger partial charge in [0.15, 0.2) is 5.69 Å². The Morgan fingerprint density at radius 2 is 1.90 bits per heavy atom. The van der Waals surface area contributed by atoms with Gasteiger partial charge in [0.25, 0.3) is 0 Å². The van der Waals surface area contributed by atoms with Crippen LogP contribution in [0.2, 0.25) is 5.15 Å². The van der Waals surface area contributed by atoms with E-state index < -0.39 is 11.9 Å². The molecule has 0 amide bonds. The number of methoxy groups -OCH3 is 1. The van der Waals surface area contributed by atoms with Gasteiger partial charge in [0, 0.05) is 13.3 Å². The van der Waals surface area contributed by atoms with Crippen LogP contribution in [-0.2, 0) is 13.2 Å². The molecule has 0 bridgehead atoms. The molecule has 0 radical (unpaired) electrons. The number of hydrogen-bond acceptors (Lipinski definition) is 3. The highest BCUT2D eigenvalue weighted by atomic mass is 35.5. The van der Waals surface area contributed by atoms with E-state index in [0.717, 1.165) is 10.9 Å². The van der Waals surface area contributed by atoms with Gasteiger partial charge in [-0.25, -0.2) is 0 Å². The molecule has 0 fully saturated rings. The molecule has 2 rings (SSSR count). The minimum absolute atomic E-state index is 0.125. The van der Waals surface area contributed by atoms with Gasteiger partial charge in [-0.1, -0.05) is 11.6 Å². The van der Waals surface area contributed by atoms with E-state index in [9.17, 15) is 13.2 Å². The van der Waals surface area contributed by atoms with Crippen LogP contribution in [0.4, 0.5) is 18.9 Å². The lowest BCUT2D eigenvalue weighted by atomic mass is 10.2. The fraction of sp³-hybridized carbons (Fsp3) is 0.231. The Kier molecular flexibility index (Phi) is 4.22. The Morgan fingerprint density at radius 3 is 2.43 bits per heavy atom. The molecule has 0 atom stereocenters. The Morgan fingerprint density at radius 1 is 1.29 bits per heavy atom. The molecule has 0 aliphatic carbocycles. The molecule has 8 heteroatoms. The van der Waals surface area contributed by atoms with Gasteiger partial charge in [-0.15, -0.1) is 0 Å². The molecular weight excluding hydrogens is 307 g/mol. The van der Waals surface area contributed by atoms with E-state index in [1.165, 1.54) is 14.2 Å². The number of hydrogen-bond donors (Lipinski definition) is 0. The molecule has 0 spiro atoms. The highest BCUT2D eigenvalue weighted by molar-refractivity contribution is 6.32. The van der Waals surface area contributed by atoms with E-state index >= 15 is 0 Å². The van der Waals surface area contributed by atoms with Gasteiger partial charge in [0.05, 0.1) is 18.4 Å². The van der Waals surface area contributed by atoms with Gasteiger partial charge >= 0.3 is 6.18 Å². The minimum atomic E-state index is -4.59. The number of aromatic nitrogens is 2. The average Bonchev–Trinajstić information content (AvgIpc) is 2.73. The molecule has 1 aromatic heterocycles. The van der Waals surface area contributed by atoms with E-state index in [2.05, 4.69) is 10.1 Å². The number of benzene rings is 1. The van der Waals surface area contributed by atoms with Crippen LogP contribution in [-0.4, -0.2) is 23.1 Å². The average molecular weight is 318 g/mol. The van der Waals surface area contributed by atoms with Gasteiger partial charge in [-0.05, 0) is 24.3 Å². The summed E-state index contributed by atoms with van der Waals surface area (Å²) >= 11 is 5.82. The van der Waals surface area contributed by atoms with Crippen molar-refractivity contribution in [2.75, 3.05) is 7.11 Å². The number of rotatable bonds is 3. The number of aliphatic imine (C=N–C) groups is 1. The van der Waals surface area contributed by atoms with E-state index in [0.29, 0.717) is 11.4 Å². The number of alkyl halides is 3. The molecule has 1 heterocycles. The zero-order chi connectivity index (χ0) is 15.6. The summed E-state index contributed by atoms with van der Waals surface area (Å²) in [5.74, 6) is 0.629. The van der Waals surface area contributed by atoms with Crippen molar-refractivity contribution in [3.05, 3.63) is 40.7 Å². The van der Waals surface area contributed by atoms with Crippen LogP contribution in [0, 0.1) is 0 Å². The predicted octanol–water partition coefficient (Wildman–Crippen LogP) is 3.85. The molecule has 21 heavy (non-hydrogen) atoms. The Balaban J connectivity index is 2.36. The molecule has 2 aromatic rings. The molecule has 0 saturated heterocycles. The van der Waals surface area contributed by atoms with Crippen molar-refractivity contribution in [3.8, 4) is 5.75 Å². The van der Waals surface area contributed by atoms with Crippen LogP contribution in [0.5, 0.6) is 5.75 Å². The highest BCUT2D eigenvalue weighted by Gasteiger charge is 2.38. The van der Waals surface area contributed by atoms with E-state index in [-0.39, 0.29) is 10.7 Å². The first-order valence-electron chi connectivity index (χ1n) is 5.80. The van der Waals surface area contributed by atoms with Crippen molar-refractivity contribution in [1.82, 2.24) is 9.78 Å². The lowest BCUT2D eigenvalue weighted by molar-refractivity contribution is -0.141. The largest absolute Gasteiger partial charge is 0.497 e. The summed E-state index contributed by atoms with van der Waals surface area (Å²) in [5.41, 5.74) is -0.849. The maximum absolute atomic E-state index is 12.9. The van der Waals surface area contributed by atoms with Gasteiger partial charge < -0.3 is 4.74 Å². The molecule has 4 nitrogen and oxygen atoms in total. The lowest BCUT2D eigenvalue weighted by Crippen LogP contribution is -2.09. The summed E-state index contributed by atoms with van der Waals surface area (Å²) in [7, 11) is 2.85. The van der Waals surface area contributed by atoms with Gasteiger partial charge in [0.1, 0.15) is 10.9 Å². The van der Waals surface area contributed by atoms with Crippen LogP contribution >= 0.6 is 11.6 Å². The third-order valence-corrected chi connectivity index (χ3v) is 3.14. The monoisotopic (exact) mass is 317 g/mol. The fourth-order valence-corrected chi connectivity index (χ4v) is 1.83. The highest BCUT2D eigenvalue weighted by Crippen LogP contribution is 2.33. The Hall–Kier alpha value is -2.02. The zero-order valence-corrected chi connectivity index (χ0v) is 11.9. The summed E-state index contributed by atoms with van der Waals surface area (Å²) < 4.78 is 44.5. The number of aryl methyl sites for hydroxylation is 1. The van der Waals surface area contributed by atoms with Gasteiger partial charge in [-0.3, -0.25) is 9.67 Å². The van der Waals surface area contributed by atoms with Gasteiger partial charge in [-0.2, -0.15) is 18.3 Å². The summed E-state index contributed by atoms with van der Waals surface area (Å²) in [4.78, 5) is 3.98. The molecule has 0 aliphatic heterocycles. The lowest BCUT2D eigenvalue weighted by Gasteiger charge is -2.03. The topological polar surface area (TPSA) is 39.4 Å². The quantitative estimate of drug-likeness (QED) is 0.807. The van der Waals surface area contributed by atoms with Crippen molar-refractivity contribution in [1.29, 1.82) is 0 Å². The molecule has 0 saturated carbocycles. The normalized spacial score (nSPS) is 12.1. The fourth-order valence-electron chi connectivity index (χ4n) is 1.65. The standard InChI is InChI=1S/C13H11ClF3N3O/c1-20-12(14)10(11(19-20)13(15,16)17)7-18-8-3-5-9(21-2)6-4-8/h3-7H,1-2H3. The van der Waals surface area contributed by atoms with Crippen LogP contribution in [0.25, 0.3) is 0 Å². The van der Waals surface area contributed by atoms with Crippen molar-refractivity contribution < 1.29 is 17.9 Å². The zero-order valence-electron chi connectivity index (χ0n) is 11.1. The SMILES string of the molecule is COc1ccc(N=Cc2c(C(F)(F)F)nn(C)c2Cl)cc1. The maximum Gasteiger partial charge on any atom is 0.435 e. The van der Waals surface area contributed by atoms with Crippen LogP contribution in [0.15, 0.2) is 29.3 Å². The summed E-state index contributed by atoms with van der Waals surface area (Å²) in [6.45, 7) is 0. The second-order valence-electron chi connectivity index (χ2n) is 4.13. The first-order valence-corrected chi connectivity index (χ1v) is 6.18. The number of nitrogens with zero attached hydrogens (tertiary/aromatic N) is 3. The molecule has 112 valence electrons. The third kappa shape index (κ3) is 3.36. The second kappa shape index (κ2) is 5.77. The summed E-state index contributed by atoms with van der Waals surface area (Å²) in [6.07, 6.45) is -3.54. The van der Waals surface area contributed by atoms with Crippen LogP contribution in [0.3, 0.4) is 0 Å². The minimum Gasteiger partial charge on any atom is -0.497 e.